The summed E-state index contributed by atoms with van der Waals surface area (Å²) in [7, 11) is -3.90. The Labute approximate surface area is 143 Å². The number of rotatable bonds is 4. The lowest BCUT2D eigenvalue weighted by molar-refractivity contribution is -0.124. The van der Waals surface area contributed by atoms with E-state index in [1.807, 2.05) is 0 Å². The van der Waals surface area contributed by atoms with E-state index < -0.39 is 21.7 Å². The first-order chi connectivity index (χ1) is 11.9. The molecule has 0 saturated carbocycles. The highest BCUT2D eigenvalue weighted by Crippen LogP contribution is 2.31. The number of fused-ring (bicyclic) bond motifs is 1. The molecule has 3 rings (SSSR count). The zero-order valence-electron chi connectivity index (χ0n) is 12.9. The number of nitrogens with one attached hydrogen (secondary N) is 1. The number of nitrogens with zero attached hydrogens (tertiary/aromatic N) is 2. The predicted molar refractivity (Wildman–Crippen MR) is 87.8 cm³/mol. The highest BCUT2D eigenvalue weighted by molar-refractivity contribution is 7.92. The van der Waals surface area contributed by atoms with Gasteiger partial charge in [0.15, 0.2) is 0 Å². The largest absolute Gasteiger partial charge is 0.288 e. The summed E-state index contributed by atoms with van der Waals surface area (Å²) in [4.78, 5) is 15.0. The van der Waals surface area contributed by atoms with Gasteiger partial charge in [-0.1, -0.05) is 6.07 Å². The van der Waals surface area contributed by atoms with Crippen LogP contribution >= 0.6 is 0 Å². The number of hydrogen-bond acceptors (Lipinski definition) is 5. The summed E-state index contributed by atoms with van der Waals surface area (Å²) in [5.74, 6) is -1.03. The number of hydrogen-bond donors (Lipinski definition) is 2. The summed E-state index contributed by atoms with van der Waals surface area (Å²) in [5, 5.41) is 8.45. The lowest BCUT2D eigenvalue weighted by atomic mass is 10.1. The second kappa shape index (κ2) is 6.61. The van der Waals surface area contributed by atoms with Crippen LogP contribution in [0.2, 0.25) is 0 Å². The van der Waals surface area contributed by atoms with E-state index >= 15 is 0 Å². The highest BCUT2D eigenvalue weighted by Gasteiger charge is 2.32. The van der Waals surface area contributed by atoms with E-state index in [1.54, 1.807) is 6.07 Å². The fraction of sp³-hybridized carbons (Fsp3) is 0.125. The van der Waals surface area contributed by atoms with Gasteiger partial charge < -0.3 is 0 Å². The zero-order valence-corrected chi connectivity index (χ0v) is 13.7. The van der Waals surface area contributed by atoms with Crippen LogP contribution in [0.15, 0.2) is 47.5 Å². The van der Waals surface area contributed by atoms with E-state index in [0.717, 1.165) is 16.4 Å². The number of sulfonamides is 1. The number of carbonyl (C=O) groups is 1. The topological polar surface area (TPSA) is 99.6 Å². The normalized spacial score (nSPS) is 13.9. The van der Waals surface area contributed by atoms with Crippen molar-refractivity contribution in [3.05, 3.63) is 59.5 Å². The predicted octanol–water partition coefficient (Wildman–Crippen LogP) is 1.49. The van der Waals surface area contributed by atoms with E-state index in [1.165, 1.54) is 36.0 Å². The Morgan fingerprint density at radius 3 is 2.88 bits per heavy atom. The van der Waals surface area contributed by atoms with E-state index in [4.69, 9.17) is 5.21 Å². The van der Waals surface area contributed by atoms with Gasteiger partial charge >= 0.3 is 0 Å². The minimum absolute atomic E-state index is 0.134. The van der Waals surface area contributed by atoms with E-state index in [2.05, 4.69) is 4.98 Å². The number of amides is 1. The maximum absolute atomic E-state index is 13.4. The van der Waals surface area contributed by atoms with Gasteiger partial charge in [0.05, 0.1) is 4.90 Å². The molecule has 1 aliphatic heterocycles. The van der Waals surface area contributed by atoms with Crippen LogP contribution in [-0.4, -0.2) is 31.1 Å². The maximum atomic E-state index is 13.4. The molecule has 0 atom stereocenters. The number of halogens is 1. The van der Waals surface area contributed by atoms with Crippen molar-refractivity contribution in [3.8, 4) is 0 Å². The molecule has 2 N–H and O–H groups in total. The SMILES string of the molecule is O=C(/C=C/c1cnc2c(c1)CCN2S(=O)(=O)c1cccc(F)c1)NO. The Kier molecular flexibility index (Phi) is 4.51. The van der Waals surface area contributed by atoms with Crippen molar-refractivity contribution in [2.45, 2.75) is 11.3 Å². The number of anilines is 1. The first-order valence-electron chi connectivity index (χ1n) is 7.31. The summed E-state index contributed by atoms with van der Waals surface area (Å²) < 4.78 is 39.9. The van der Waals surface area contributed by atoms with Crippen LogP contribution in [0.3, 0.4) is 0 Å². The average Bonchev–Trinajstić information content (AvgIpc) is 3.03. The third kappa shape index (κ3) is 3.37. The Morgan fingerprint density at radius 2 is 2.16 bits per heavy atom. The molecule has 1 aromatic carbocycles. The average molecular weight is 363 g/mol. The molecule has 1 amide bonds. The van der Waals surface area contributed by atoms with Crippen LogP contribution in [0.5, 0.6) is 0 Å². The van der Waals surface area contributed by atoms with Gasteiger partial charge in [0.1, 0.15) is 11.6 Å². The van der Waals surface area contributed by atoms with Crippen molar-refractivity contribution in [1.82, 2.24) is 10.5 Å². The first kappa shape index (κ1) is 17.1. The number of hydroxylamine groups is 1. The van der Waals surface area contributed by atoms with Gasteiger partial charge in [-0.05, 0) is 47.9 Å². The van der Waals surface area contributed by atoms with Gasteiger partial charge in [-0.15, -0.1) is 0 Å². The van der Waals surface area contributed by atoms with Gasteiger partial charge in [-0.25, -0.2) is 27.6 Å². The molecule has 0 radical (unpaired) electrons. The quantitative estimate of drug-likeness (QED) is 0.487. The summed E-state index contributed by atoms with van der Waals surface area (Å²) in [5.41, 5.74) is 2.76. The molecule has 1 aromatic heterocycles. The molecule has 25 heavy (non-hydrogen) atoms. The Morgan fingerprint density at radius 1 is 1.36 bits per heavy atom. The van der Waals surface area contributed by atoms with E-state index in [0.29, 0.717) is 17.5 Å². The molecule has 9 heteroatoms. The second-order valence-corrected chi connectivity index (χ2v) is 7.21. The van der Waals surface area contributed by atoms with Crippen molar-refractivity contribution in [2.75, 3.05) is 10.8 Å². The first-order valence-corrected chi connectivity index (χ1v) is 8.75. The van der Waals surface area contributed by atoms with Crippen LogP contribution in [0.4, 0.5) is 10.2 Å². The summed E-state index contributed by atoms with van der Waals surface area (Å²) in [6.45, 7) is 0.200. The van der Waals surface area contributed by atoms with Crippen LogP contribution in [0.1, 0.15) is 11.1 Å². The van der Waals surface area contributed by atoms with Crippen molar-refractivity contribution in [3.63, 3.8) is 0 Å². The molecule has 1 aliphatic rings. The van der Waals surface area contributed by atoms with Gasteiger partial charge in [-0.2, -0.15) is 0 Å². The number of benzene rings is 1. The molecule has 0 fully saturated rings. The van der Waals surface area contributed by atoms with Crippen molar-refractivity contribution >= 4 is 27.8 Å². The molecule has 0 spiro atoms. The van der Waals surface area contributed by atoms with E-state index in [-0.39, 0.29) is 17.3 Å². The Hall–Kier alpha value is -2.78. The molecular formula is C16H14FN3O4S. The molecule has 2 aromatic rings. The second-order valence-electron chi connectivity index (χ2n) is 5.35. The molecule has 7 nitrogen and oxygen atoms in total. The van der Waals surface area contributed by atoms with Crippen LogP contribution in [0, 0.1) is 5.82 Å². The van der Waals surface area contributed by atoms with Crippen LogP contribution < -0.4 is 9.79 Å². The number of aromatic nitrogens is 1. The third-order valence-corrected chi connectivity index (χ3v) is 5.49. The van der Waals surface area contributed by atoms with Gasteiger partial charge in [0.25, 0.3) is 15.9 Å². The smallest absolute Gasteiger partial charge is 0.267 e. The van der Waals surface area contributed by atoms with Gasteiger partial charge in [-0.3, -0.25) is 10.0 Å². The van der Waals surface area contributed by atoms with Crippen LogP contribution in [0.25, 0.3) is 6.08 Å². The van der Waals surface area contributed by atoms with Crippen LogP contribution in [-0.2, 0) is 21.2 Å². The standard InChI is InChI=1S/C16H14FN3O4S/c17-13-2-1-3-14(9-13)25(23,24)20-7-6-12-8-11(10-18-16(12)20)4-5-15(21)19-22/h1-5,8-10,22H,6-7H2,(H,19,21)/b5-4+. The molecule has 0 unspecified atom stereocenters. The monoisotopic (exact) mass is 363 g/mol. The molecular weight excluding hydrogens is 349 g/mol. The molecule has 130 valence electrons. The Balaban J connectivity index is 1.92. The van der Waals surface area contributed by atoms with Crippen molar-refractivity contribution in [2.24, 2.45) is 0 Å². The number of carbonyl (C=O) groups excluding carboxylic acids is 1. The molecule has 0 aliphatic carbocycles. The number of pyridine rings is 1. The van der Waals surface area contributed by atoms with Gasteiger partial charge in [0, 0.05) is 18.8 Å². The molecule has 0 saturated heterocycles. The minimum atomic E-state index is -3.90. The zero-order chi connectivity index (χ0) is 18.0. The van der Waals surface area contributed by atoms with Crippen molar-refractivity contribution < 1.29 is 22.8 Å². The van der Waals surface area contributed by atoms with E-state index in [9.17, 15) is 17.6 Å². The minimum Gasteiger partial charge on any atom is -0.288 e. The molecule has 0 bridgehead atoms. The fourth-order valence-corrected chi connectivity index (χ4v) is 4.04. The maximum Gasteiger partial charge on any atom is 0.267 e. The fourth-order valence-electron chi connectivity index (χ4n) is 2.55. The third-order valence-electron chi connectivity index (χ3n) is 3.71. The summed E-state index contributed by atoms with van der Waals surface area (Å²) in [6, 6.07) is 6.53. The summed E-state index contributed by atoms with van der Waals surface area (Å²) in [6.07, 6.45) is 4.44. The highest BCUT2D eigenvalue weighted by atomic mass is 32.2. The molecule has 2 heterocycles. The van der Waals surface area contributed by atoms with Gasteiger partial charge in [0.2, 0.25) is 0 Å². The lowest BCUT2D eigenvalue weighted by Crippen LogP contribution is -2.29. The van der Waals surface area contributed by atoms with Crippen molar-refractivity contribution in [1.29, 1.82) is 0 Å². The lowest BCUT2D eigenvalue weighted by Gasteiger charge is -2.18. The summed E-state index contributed by atoms with van der Waals surface area (Å²) >= 11 is 0. The Bertz CT molecular complexity index is 960.